The van der Waals surface area contributed by atoms with Crippen LogP contribution in [0.5, 0.6) is 23.0 Å². The predicted molar refractivity (Wildman–Crippen MR) is 98.5 cm³/mol. The molecule has 140 valence electrons. The number of fused-ring (bicyclic) bond motifs is 1. The van der Waals surface area contributed by atoms with Crippen LogP contribution in [-0.4, -0.2) is 26.2 Å². The van der Waals surface area contributed by atoms with Gasteiger partial charge in [0.2, 0.25) is 11.5 Å². The molecule has 0 saturated heterocycles. The van der Waals surface area contributed by atoms with Gasteiger partial charge in [-0.15, -0.1) is 0 Å². The molecule has 0 spiro atoms. The minimum Gasteiger partial charge on any atom is -0.490 e. The molecule has 7 heteroatoms. The molecule has 0 unspecified atom stereocenters. The van der Waals surface area contributed by atoms with Crippen LogP contribution in [0, 0.1) is 5.41 Å². The summed E-state index contributed by atoms with van der Waals surface area (Å²) >= 11 is 6.11. The van der Waals surface area contributed by atoms with Gasteiger partial charge in [-0.3, -0.25) is 9.59 Å². The van der Waals surface area contributed by atoms with Gasteiger partial charge in [0.05, 0.1) is 19.6 Å². The van der Waals surface area contributed by atoms with Crippen LogP contribution in [0.4, 0.5) is 0 Å². The van der Waals surface area contributed by atoms with Crippen molar-refractivity contribution >= 4 is 34.3 Å². The van der Waals surface area contributed by atoms with Crippen LogP contribution in [0.2, 0.25) is 5.02 Å². The number of hydrogen-bond acceptors (Lipinski definition) is 6. The van der Waals surface area contributed by atoms with Crippen molar-refractivity contribution in [1.29, 1.82) is 0 Å². The lowest BCUT2D eigenvalue weighted by molar-refractivity contribution is -0.143. The van der Waals surface area contributed by atoms with E-state index in [0.29, 0.717) is 15.8 Å². The topological polar surface area (TPSA) is 71.1 Å². The second-order valence-corrected chi connectivity index (χ2v) is 7.08. The van der Waals surface area contributed by atoms with Crippen molar-refractivity contribution in [3.8, 4) is 23.0 Å². The molecule has 0 aliphatic heterocycles. The number of carbonyl (C=O) groups is 2. The number of carbonyl (C=O) groups excluding carboxylic acids is 2. The van der Waals surface area contributed by atoms with Gasteiger partial charge >= 0.3 is 11.9 Å². The standard InChI is InChI=1S/C19H21ClO6/c1-10(21)25-15-13-9-11(20)7-8-12(13)14(16(23-5)17(15)24-6)26-18(22)19(2,3)4/h7-9H,1-6H3. The Balaban J connectivity index is 2.86. The number of methoxy groups -OCH3 is 2. The highest BCUT2D eigenvalue weighted by molar-refractivity contribution is 6.31. The molecule has 0 amide bonds. The smallest absolute Gasteiger partial charge is 0.316 e. The Hall–Kier alpha value is -2.47. The summed E-state index contributed by atoms with van der Waals surface area (Å²) in [7, 11) is 2.81. The average molecular weight is 381 g/mol. The molecule has 0 fully saturated rings. The monoisotopic (exact) mass is 380 g/mol. The third-order valence-corrected chi connectivity index (χ3v) is 3.79. The number of halogens is 1. The quantitative estimate of drug-likeness (QED) is 0.578. The van der Waals surface area contributed by atoms with E-state index in [1.165, 1.54) is 21.1 Å². The Labute approximate surface area is 156 Å². The molecule has 0 N–H and O–H groups in total. The SMILES string of the molecule is COc1c(OC)c(OC(=O)C(C)(C)C)c2ccc(Cl)cc2c1OC(C)=O. The first-order chi connectivity index (χ1) is 12.1. The summed E-state index contributed by atoms with van der Waals surface area (Å²) in [5.74, 6) is -0.387. The van der Waals surface area contributed by atoms with E-state index >= 15 is 0 Å². The lowest BCUT2D eigenvalue weighted by atomic mass is 9.97. The normalized spacial score (nSPS) is 11.2. The van der Waals surface area contributed by atoms with Crippen molar-refractivity contribution in [3.05, 3.63) is 23.2 Å². The fourth-order valence-corrected chi connectivity index (χ4v) is 2.49. The number of ether oxygens (including phenoxy) is 4. The van der Waals surface area contributed by atoms with Gasteiger partial charge in [0.15, 0.2) is 11.5 Å². The summed E-state index contributed by atoms with van der Waals surface area (Å²) in [4.78, 5) is 24.0. The summed E-state index contributed by atoms with van der Waals surface area (Å²) < 4.78 is 21.8. The first-order valence-corrected chi connectivity index (χ1v) is 8.25. The molecule has 2 rings (SSSR count). The lowest BCUT2D eigenvalue weighted by Gasteiger charge is -2.22. The van der Waals surface area contributed by atoms with Gasteiger partial charge in [0.1, 0.15) is 0 Å². The maximum absolute atomic E-state index is 12.4. The molecule has 2 aromatic carbocycles. The molecule has 6 nitrogen and oxygen atoms in total. The largest absolute Gasteiger partial charge is 0.490 e. The van der Waals surface area contributed by atoms with Gasteiger partial charge in [0.25, 0.3) is 0 Å². The van der Waals surface area contributed by atoms with Gasteiger partial charge in [-0.1, -0.05) is 11.6 Å². The first-order valence-electron chi connectivity index (χ1n) is 7.88. The van der Waals surface area contributed by atoms with E-state index in [9.17, 15) is 9.59 Å². The summed E-state index contributed by atoms with van der Waals surface area (Å²) in [6.45, 7) is 6.50. The van der Waals surface area contributed by atoms with Crippen LogP contribution in [0.25, 0.3) is 10.8 Å². The second-order valence-electron chi connectivity index (χ2n) is 6.65. The molecule has 0 saturated carbocycles. The third kappa shape index (κ3) is 3.85. The zero-order valence-corrected chi connectivity index (χ0v) is 16.3. The number of benzene rings is 2. The Kier molecular flexibility index (Phi) is 5.66. The molecular weight excluding hydrogens is 360 g/mol. The van der Waals surface area contributed by atoms with E-state index in [0.717, 1.165) is 0 Å². The van der Waals surface area contributed by atoms with Crippen molar-refractivity contribution < 1.29 is 28.5 Å². The number of rotatable bonds is 4. The van der Waals surface area contributed by atoms with Crippen molar-refractivity contribution in [2.45, 2.75) is 27.7 Å². The molecule has 0 radical (unpaired) electrons. The number of esters is 2. The van der Waals surface area contributed by atoms with E-state index in [-0.39, 0.29) is 23.0 Å². The van der Waals surface area contributed by atoms with E-state index in [4.69, 9.17) is 30.5 Å². The highest BCUT2D eigenvalue weighted by Gasteiger charge is 2.30. The Morgan fingerprint density at radius 3 is 1.88 bits per heavy atom. The molecule has 0 heterocycles. The van der Waals surface area contributed by atoms with Crippen molar-refractivity contribution in [3.63, 3.8) is 0 Å². The Morgan fingerprint density at radius 2 is 1.42 bits per heavy atom. The summed E-state index contributed by atoms with van der Waals surface area (Å²) in [5, 5.41) is 1.38. The number of hydrogen-bond donors (Lipinski definition) is 0. The van der Waals surface area contributed by atoms with E-state index in [2.05, 4.69) is 0 Å². The van der Waals surface area contributed by atoms with Crippen LogP contribution < -0.4 is 18.9 Å². The predicted octanol–water partition coefficient (Wildman–Crippen LogP) is 4.39. The highest BCUT2D eigenvalue weighted by atomic mass is 35.5. The van der Waals surface area contributed by atoms with E-state index in [1.807, 2.05) is 0 Å². The molecule has 0 aromatic heterocycles. The van der Waals surface area contributed by atoms with Gasteiger partial charge in [-0.2, -0.15) is 0 Å². The van der Waals surface area contributed by atoms with E-state index < -0.39 is 17.4 Å². The fourth-order valence-electron chi connectivity index (χ4n) is 2.32. The lowest BCUT2D eigenvalue weighted by Crippen LogP contribution is -2.26. The van der Waals surface area contributed by atoms with Crippen LogP contribution in [0.1, 0.15) is 27.7 Å². The highest BCUT2D eigenvalue weighted by Crippen LogP contribution is 2.51. The average Bonchev–Trinajstić information content (AvgIpc) is 2.54. The van der Waals surface area contributed by atoms with Crippen molar-refractivity contribution in [1.82, 2.24) is 0 Å². The molecule has 0 aliphatic rings. The van der Waals surface area contributed by atoms with Gasteiger partial charge in [-0.05, 0) is 39.0 Å². The van der Waals surface area contributed by atoms with Crippen LogP contribution in [0.3, 0.4) is 0 Å². The molecule has 0 aliphatic carbocycles. The molecular formula is C19H21ClO6. The van der Waals surface area contributed by atoms with E-state index in [1.54, 1.807) is 39.0 Å². The van der Waals surface area contributed by atoms with Crippen molar-refractivity contribution in [2.24, 2.45) is 5.41 Å². The van der Waals surface area contributed by atoms with Crippen LogP contribution in [-0.2, 0) is 9.59 Å². The zero-order valence-electron chi connectivity index (χ0n) is 15.6. The van der Waals surface area contributed by atoms with Crippen molar-refractivity contribution in [2.75, 3.05) is 14.2 Å². The minimum absolute atomic E-state index is 0.133. The molecule has 26 heavy (non-hydrogen) atoms. The Morgan fingerprint density at radius 1 is 0.885 bits per heavy atom. The minimum atomic E-state index is -0.731. The summed E-state index contributed by atoms with van der Waals surface area (Å²) in [5.41, 5.74) is -0.731. The van der Waals surface area contributed by atoms with Gasteiger partial charge < -0.3 is 18.9 Å². The van der Waals surface area contributed by atoms with Crippen LogP contribution in [0.15, 0.2) is 18.2 Å². The second kappa shape index (κ2) is 7.41. The van der Waals surface area contributed by atoms with Crippen LogP contribution >= 0.6 is 11.6 Å². The Bertz CT molecular complexity index is 867. The molecule has 0 bridgehead atoms. The van der Waals surface area contributed by atoms with Gasteiger partial charge in [0, 0.05) is 22.7 Å². The maximum Gasteiger partial charge on any atom is 0.316 e. The maximum atomic E-state index is 12.4. The molecule has 0 atom stereocenters. The summed E-state index contributed by atoms with van der Waals surface area (Å²) in [6, 6.07) is 4.91. The summed E-state index contributed by atoms with van der Waals surface area (Å²) in [6.07, 6.45) is 0. The first kappa shape index (κ1) is 19.8. The third-order valence-electron chi connectivity index (χ3n) is 3.55. The fraction of sp³-hybridized carbons (Fsp3) is 0.368. The zero-order chi connectivity index (χ0) is 19.6. The molecule has 2 aromatic rings. The van der Waals surface area contributed by atoms with Gasteiger partial charge in [-0.25, -0.2) is 0 Å².